The van der Waals surface area contributed by atoms with Crippen molar-refractivity contribution >= 4 is 11.7 Å². The third-order valence-corrected chi connectivity index (χ3v) is 6.95. The molecule has 7 heteroatoms. The summed E-state index contributed by atoms with van der Waals surface area (Å²) in [5.41, 5.74) is 3.78. The maximum absolute atomic E-state index is 12.8. The highest BCUT2D eigenvalue weighted by Crippen LogP contribution is 2.45. The van der Waals surface area contributed by atoms with Crippen LogP contribution in [0.3, 0.4) is 0 Å². The Morgan fingerprint density at radius 1 is 1.31 bits per heavy atom. The summed E-state index contributed by atoms with van der Waals surface area (Å²) in [6.07, 6.45) is 3.03. The van der Waals surface area contributed by atoms with Crippen LogP contribution in [0.15, 0.2) is 0 Å². The molecule has 7 nitrogen and oxygen atoms in total. The van der Waals surface area contributed by atoms with Gasteiger partial charge in [-0.15, -0.1) is 0 Å². The lowest BCUT2D eigenvalue weighted by molar-refractivity contribution is -0.139. The van der Waals surface area contributed by atoms with Crippen LogP contribution in [-0.2, 0) is 27.3 Å². The number of pyridine rings is 1. The predicted molar refractivity (Wildman–Crippen MR) is 123 cm³/mol. The zero-order valence-corrected chi connectivity index (χ0v) is 20.1. The van der Waals surface area contributed by atoms with Gasteiger partial charge in [0.15, 0.2) is 0 Å². The maximum Gasteiger partial charge on any atom is 0.248 e. The van der Waals surface area contributed by atoms with Crippen molar-refractivity contribution < 1.29 is 14.3 Å². The number of anilines is 1. The van der Waals surface area contributed by atoms with Gasteiger partial charge in [0.2, 0.25) is 5.91 Å². The number of hydrogen-bond acceptors (Lipinski definition) is 6. The van der Waals surface area contributed by atoms with E-state index in [9.17, 15) is 10.1 Å². The van der Waals surface area contributed by atoms with E-state index in [1.165, 1.54) is 0 Å². The minimum Gasteiger partial charge on any atom is -0.372 e. The van der Waals surface area contributed by atoms with Crippen LogP contribution in [-0.4, -0.2) is 60.3 Å². The third-order valence-electron chi connectivity index (χ3n) is 6.95. The number of nitriles is 1. The van der Waals surface area contributed by atoms with Gasteiger partial charge in [0, 0.05) is 44.1 Å². The molecule has 0 spiro atoms. The second kappa shape index (κ2) is 8.99. The highest BCUT2D eigenvalue weighted by atomic mass is 16.5. The zero-order valence-electron chi connectivity index (χ0n) is 20.1. The van der Waals surface area contributed by atoms with Gasteiger partial charge in [-0.25, -0.2) is 4.98 Å². The molecule has 3 aliphatic rings. The molecule has 0 radical (unpaired) electrons. The van der Waals surface area contributed by atoms with E-state index in [1.807, 2.05) is 11.8 Å². The molecule has 1 atom stereocenters. The fraction of sp³-hybridized carbons (Fsp3) is 0.720. The average Bonchev–Trinajstić information content (AvgIpc) is 3.60. The Balaban J connectivity index is 1.68. The van der Waals surface area contributed by atoms with Crippen LogP contribution in [0.2, 0.25) is 0 Å². The Kier molecular flexibility index (Phi) is 6.46. The number of amides is 1. The summed E-state index contributed by atoms with van der Waals surface area (Å²) >= 11 is 0. The average molecular weight is 441 g/mol. The molecule has 1 aromatic rings. The molecule has 32 heavy (non-hydrogen) atoms. The smallest absolute Gasteiger partial charge is 0.248 e. The van der Waals surface area contributed by atoms with Crippen LogP contribution in [0.1, 0.15) is 75.8 Å². The first-order valence-electron chi connectivity index (χ1n) is 12.0. The van der Waals surface area contributed by atoms with E-state index < -0.39 is 0 Å². The largest absolute Gasteiger partial charge is 0.372 e. The fourth-order valence-electron chi connectivity index (χ4n) is 4.97. The standard InChI is InChI=1S/C25H36N4O3/c1-6-31-15-22(30)29-10-9-28(13-21(29)16(2)3)24-19(12-26)18-11-25(4,5)32-14-20(18)23(27-24)17-7-8-17/h16-17,21H,6-11,13-15H2,1-5H3. The first kappa shape index (κ1) is 23.0. The lowest BCUT2D eigenvalue weighted by Crippen LogP contribution is -2.58. The SMILES string of the molecule is CCOCC(=O)N1CCN(c2nc(C3CC3)c3c(c2C#N)CC(C)(C)OC3)CC1C(C)C. The van der Waals surface area contributed by atoms with Crippen molar-refractivity contribution in [3.8, 4) is 6.07 Å². The summed E-state index contributed by atoms with van der Waals surface area (Å²) in [5.74, 6) is 1.62. The van der Waals surface area contributed by atoms with E-state index in [0.717, 1.165) is 41.9 Å². The predicted octanol–water partition coefficient (Wildman–Crippen LogP) is 3.39. The molecule has 174 valence electrons. The Morgan fingerprint density at radius 2 is 2.06 bits per heavy atom. The molecule has 4 rings (SSSR count). The number of aromatic nitrogens is 1. The van der Waals surface area contributed by atoms with Crippen molar-refractivity contribution in [3.63, 3.8) is 0 Å². The normalized spacial score (nSPS) is 22.6. The minimum absolute atomic E-state index is 0.0432. The molecule has 2 aliphatic heterocycles. The number of fused-ring (bicyclic) bond motifs is 1. The van der Waals surface area contributed by atoms with Crippen LogP contribution in [0.5, 0.6) is 0 Å². The van der Waals surface area contributed by atoms with Gasteiger partial charge in [-0.2, -0.15) is 5.26 Å². The van der Waals surface area contributed by atoms with Crippen molar-refractivity contribution in [2.45, 2.75) is 78.0 Å². The molecule has 1 saturated heterocycles. The topological polar surface area (TPSA) is 78.7 Å². The van der Waals surface area contributed by atoms with Crippen LogP contribution in [0.4, 0.5) is 5.82 Å². The van der Waals surface area contributed by atoms with Gasteiger partial charge in [-0.05, 0) is 45.1 Å². The quantitative estimate of drug-likeness (QED) is 0.675. The van der Waals surface area contributed by atoms with Crippen molar-refractivity contribution in [1.29, 1.82) is 5.26 Å². The van der Waals surface area contributed by atoms with E-state index in [1.54, 1.807) is 0 Å². The molecule has 0 bridgehead atoms. The van der Waals surface area contributed by atoms with E-state index in [4.69, 9.17) is 14.5 Å². The first-order chi connectivity index (χ1) is 15.3. The number of carbonyl (C=O) groups is 1. The van der Waals surface area contributed by atoms with Crippen molar-refractivity contribution in [2.24, 2.45) is 5.92 Å². The summed E-state index contributed by atoms with van der Waals surface area (Å²) < 4.78 is 11.5. The summed E-state index contributed by atoms with van der Waals surface area (Å²) in [6.45, 7) is 13.5. The summed E-state index contributed by atoms with van der Waals surface area (Å²) in [7, 11) is 0. The molecule has 0 N–H and O–H groups in total. The zero-order chi connectivity index (χ0) is 23.0. The number of ether oxygens (including phenoxy) is 2. The molecule has 1 aromatic heterocycles. The molecule has 1 saturated carbocycles. The first-order valence-corrected chi connectivity index (χ1v) is 12.0. The van der Waals surface area contributed by atoms with E-state index in [0.29, 0.717) is 50.2 Å². The van der Waals surface area contributed by atoms with Crippen LogP contribution >= 0.6 is 0 Å². The summed E-state index contributed by atoms with van der Waals surface area (Å²) in [5, 5.41) is 10.2. The molecular weight excluding hydrogens is 404 g/mol. The molecular formula is C25H36N4O3. The second-order valence-electron chi connectivity index (χ2n) is 10.2. The van der Waals surface area contributed by atoms with Crippen LogP contribution < -0.4 is 4.90 Å². The monoisotopic (exact) mass is 440 g/mol. The molecule has 1 unspecified atom stereocenters. The maximum atomic E-state index is 12.8. The van der Waals surface area contributed by atoms with Gasteiger partial charge >= 0.3 is 0 Å². The number of hydrogen-bond donors (Lipinski definition) is 0. The van der Waals surface area contributed by atoms with Gasteiger partial charge < -0.3 is 19.3 Å². The minimum atomic E-state index is -0.289. The van der Waals surface area contributed by atoms with Crippen molar-refractivity contribution in [2.75, 3.05) is 37.7 Å². The van der Waals surface area contributed by atoms with Gasteiger partial charge in [0.1, 0.15) is 18.5 Å². The van der Waals surface area contributed by atoms with Gasteiger partial charge in [0.25, 0.3) is 0 Å². The summed E-state index contributed by atoms with van der Waals surface area (Å²) in [6, 6.07) is 2.55. The van der Waals surface area contributed by atoms with Gasteiger partial charge in [0.05, 0.1) is 29.5 Å². The molecule has 2 fully saturated rings. The third kappa shape index (κ3) is 4.49. The Morgan fingerprint density at radius 3 is 2.69 bits per heavy atom. The van der Waals surface area contributed by atoms with Gasteiger partial charge in [-0.3, -0.25) is 4.79 Å². The van der Waals surface area contributed by atoms with Crippen molar-refractivity contribution in [1.82, 2.24) is 9.88 Å². The van der Waals surface area contributed by atoms with E-state index >= 15 is 0 Å². The molecule has 0 aromatic carbocycles. The molecule has 3 heterocycles. The molecule has 1 amide bonds. The second-order valence-corrected chi connectivity index (χ2v) is 10.2. The van der Waals surface area contributed by atoms with Crippen molar-refractivity contribution in [3.05, 3.63) is 22.4 Å². The number of piperazine rings is 1. The van der Waals surface area contributed by atoms with Gasteiger partial charge in [-0.1, -0.05) is 13.8 Å². The van der Waals surface area contributed by atoms with Crippen LogP contribution in [0.25, 0.3) is 0 Å². The highest BCUT2D eigenvalue weighted by Gasteiger charge is 2.39. The Bertz CT molecular complexity index is 917. The number of nitrogens with zero attached hydrogens (tertiary/aromatic N) is 4. The van der Waals surface area contributed by atoms with E-state index in [-0.39, 0.29) is 24.2 Å². The number of carbonyl (C=O) groups excluding carboxylic acids is 1. The van der Waals surface area contributed by atoms with E-state index in [2.05, 4.69) is 38.7 Å². The Hall–Kier alpha value is -2.17. The highest BCUT2D eigenvalue weighted by molar-refractivity contribution is 5.78. The lowest BCUT2D eigenvalue weighted by atomic mass is 9.87. The van der Waals surface area contributed by atoms with Crippen LogP contribution in [0, 0.1) is 17.2 Å². The lowest BCUT2D eigenvalue weighted by Gasteiger charge is -2.44. The fourth-order valence-corrected chi connectivity index (χ4v) is 4.97. The molecule has 1 aliphatic carbocycles. The Labute approximate surface area is 191 Å². The number of rotatable bonds is 6. The summed E-state index contributed by atoms with van der Waals surface area (Å²) in [4.78, 5) is 22.0.